The fourth-order valence-corrected chi connectivity index (χ4v) is 5.35. The van der Waals surface area contributed by atoms with Gasteiger partial charge in [-0.15, -0.1) is 0 Å². The normalized spacial score (nSPS) is 28.9. The summed E-state index contributed by atoms with van der Waals surface area (Å²) >= 11 is 0. The molecule has 3 heterocycles. The Morgan fingerprint density at radius 2 is 2.04 bits per heavy atom. The molecule has 7 nitrogen and oxygen atoms in total. The summed E-state index contributed by atoms with van der Waals surface area (Å²) in [4.78, 5) is 43.1. The maximum atomic E-state index is 13.4. The Kier molecular flexibility index (Phi) is 4.03. The predicted octanol–water partition coefficient (Wildman–Crippen LogP) is 2.44. The number of benzene rings is 1. The number of carboxylic acid groups (broad SMARTS) is 1. The van der Waals surface area contributed by atoms with Gasteiger partial charge in [0, 0.05) is 23.1 Å². The van der Waals surface area contributed by atoms with Gasteiger partial charge in [-0.3, -0.25) is 14.4 Å². The Morgan fingerprint density at radius 1 is 1.32 bits per heavy atom. The van der Waals surface area contributed by atoms with Crippen LogP contribution in [0.25, 0.3) is 10.9 Å². The van der Waals surface area contributed by atoms with Crippen LogP contribution in [0.5, 0.6) is 0 Å². The molecule has 0 spiro atoms. The average Bonchev–Trinajstić information content (AvgIpc) is 3.08. The molecule has 3 atom stereocenters. The van der Waals surface area contributed by atoms with Crippen LogP contribution in [-0.4, -0.2) is 46.0 Å². The number of amides is 1. The summed E-state index contributed by atoms with van der Waals surface area (Å²) in [5.74, 6) is -2.86. The summed E-state index contributed by atoms with van der Waals surface area (Å²) in [5, 5.41) is 10.6. The molecule has 2 aromatic rings. The van der Waals surface area contributed by atoms with Gasteiger partial charge in [-0.1, -0.05) is 18.2 Å². The summed E-state index contributed by atoms with van der Waals surface area (Å²) in [7, 11) is 0. The third kappa shape index (κ3) is 2.25. The Bertz CT molecular complexity index is 996. The maximum Gasteiger partial charge on any atom is 0.312 e. The number of para-hydroxylation sites is 1. The zero-order chi connectivity index (χ0) is 20.3. The molecule has 1 aromatic carbocycles. The van der Waals surface area contributed by atoms with E-state index in [2.05, 4.69) is 4.98 Å². The van der Waals surface area contributed by atoms with E-state index in [1.165, 1.54) is 0 Å². The summed E-state index contributed by atoms with van der Waals surface area (Å²) < 4.78 is 5.33. The van der Waals surface area contributed by atoms with E-state index in [4.69, 9.17) is 4.74 Å². The number of rotatable bonds is 4. The van der Waals surface area contributed by atoms with Crippen molar-refractivity contribution in [2.24, 2.45) is 11.3 Å². The first-order chi connectivity index (χ1) is 13.2. The number of nitrogens with one attached hydrogen (secondary N) is 1. The highest BCUT2D eigenvalue weighted by atomic mass is 16.5. The fraction of sp³-hybridized carbons (Fsp3) is 0.476. The van der Waals surface area contributed by atoms with Gasteiger partial charge in [0.2, 0.25) is 5.91 Å². The second kappa shape index (κ2) is 6.09. The molecule has 1 amide bonds. The molecule has 0 aliphatic carbocycles. The summed E-state index contributed by atoms with van der Waals surface area (Å²) in [6.07, 6.45) is 0.232. The van der Waals surface area contributed by atoms with Crippen LogP contribution in [0, 0.1) is 11.3 Å². The van der Waals surface area contributed by atoms with Crippen molar-refractivity contribution >= 4 is 28.7 Å². The van der Waals surface area contributed by atoms with Crippen LogP contribution in [0.2, 0.25) is 0 Å². The molecule has 4 rings (SSSR count). The number of carbonyl (C=O) groups excluding carboxylic acids is 2. The van der Waals surface area contributed by atoms with Crippen molar-refractivity contribution in [1.82, 2.24) is 9.88 Å². The quantitative estimate of drug-likeness (QED) is 0.789. The van der Waals surface area contributed by atoms with Gasteiger partial charge in [-0.2, -0.15) is 0 Å². The van der Waals surface area contributed by atoms with E-state index in [-0.39, 0.29) is 12.5 Å². The second-order valence-corrected chi connectivity index (χ2v) is 8.05. The third-order valence-electron chi connectivity index (χ3n) is 6.44. The molecule has 148 valence electrons. The largest absolute Gasteiger partial charge is 0.481 e. The number of esters is 1. The molecule has 2 aliphatic heterocycles. The molecule has 1 aromatic heterocycles. The molecule has 1 saturated heterocycles. The summed E-state index contributed by atoms with van der Waals surface area (Å²) in [6, 6.07) is 7.88. The summed E-state index contributed by atoms with van der Waals surface area (Å²) in [5.41, 5.74) is 0.472. The fourth-order valence-electron chi connectivity index (χ4n) is 5.35. The lowest BCUT2D eigenvalue weighted by molar-refractivity contribution is -0.158. The van der Waals surface area contributed by atoms with Crippen molar-refractivity contribution in [2.45, 2.75) is 39.2 Å². The Morgan fingerprint density at radius 3 is 2.71 bits per heavy atom. The van der Waals surface area contributed by atoms with Crippen LogP contribution in [0.1, 0.15) is 38.4 Å². The van der Waals surface area contributed by atoms with Crippen molar-refractivity contribution in [3.8, 4) is 0 Å². The number of hydrogen-bond donors (Lipinski definition) is 2. The standard InChI is InChI=1S/C21H24N2O5/c1-4-28-18(26)16-20(2,11-15(24)25)19(27)23-10-9-13-12-7-5-6-8-14(12)22-17(13)21(16,23)3/h5-8,16,22H,4,9-11H2,1-3H3,(H,24,25)/t16-,20-,21+/m1/s1. The van der Waals surface area contributed by atoms with Crippen LogP contribution < -0.4 is 0 Å². The predicted molar refractivity (Wildman–Crippen MR) is 102 cm³/mol. The lowest BCUT2D eigenvalue weighted by Crippen LogP contribution is -2.51. The monoisotopic (exact) mass is 384 g/mol. The van der Waals surface area contributed by atoms with Gasteiger partial charge in [0.25, 0.3) is 0 Å². The van der Waals surface area contributed by atoms with Gasteiger partial charge < -0.3 is 19.7 Å². The number of H-pyrrole nitrogens is 1. The van der Waals surface area contributed by atoms with Crippen LogP contribution in [0.3, 0.4) is 0 Å². The van der Waals surface area contributed by atoms with E-state index in [9.17, 15) is 19.5 Å². The Labute approximate surface area is 162 Å². The van der Waals surface area contributed by atoms with E-state index < -0.39 is 35.2 Å². The number of nitrogens with zero attached hydrogens (tertiary/aromatic N) is 1. The van der Waals surface area contributed by atoms with E-state index in [1.54, 1.807) is 18.7 Å². The Hall–Kier alpha value is -2.83. The second-order valence-electron chi connectivity index (χ2n) is 8.05. The van der Waals surface area contributed by atoms with Gasteiger partial charge >= 0.3 is 11.9 Å². The molecule has 1 fully saturated rings. The molecular weight excluding hydrogens is 360 g/mol. The lowest BCUT2D eigenvalue weighted by Gasteiger charge is -2.42. The SMILES string of the molecule is CCOC(=O)[C@@H]1[C@@](C)(CC(=O)O)C(=O)N2CCc3c([nH]c4ccccc34)[C@]12C. The van der Waals surface area contributed by atoms with Gasteiger partial charge in [-0.05, 0) is 38.8 Å². The zero-order valence-corrected chi connectivity index (χ0v) is 16.2. The topological polar surface area (TPSA) is 99.7 Å². The van der Waals surface area contributed by atoms with E-state index in [1.807, 2.05) is 31.2 Å². The first kappa shape index (κ1) is 18.5. The van der Waals surface area contributed by atoms with Crippen LogP contribution in [0.4, 0.5) is 0 Å². The average molecular weight is 384 g/mol. The zero-order valence-electron chi connectivity index (χ0n) is 16.2. The highest BCUT2D eigenvalue weighted by Gasteiger charge is 2.68. The van der Waals surface area contributed by atoms with Crippen molar-refractivity contribution in [1.29, 1.82) is 0 Å². The Balaban J connectivity index is 1.97. The molecule has 0 bridgehead atoms. The van der Waals surface area contributed by atoms with Crippen LogP contribution in [-0.2, 0) is 31.1 Å². The number of carbonyl (C=O) groups is 3. The minimum absolute atomic E-state index is 0.169. The molecule has 2 N–H and O–H groups in total. The van der Waals surface area contributed by atoms with E-state index in [0.717, 1.165) is 22.2 Å². The van der Waals surface area contributed by atoms with Gasteiger partial charge in [0.15, 0.2) is 0 Å². The highest BCUT2D eigenvalue weighted by Crippen LogP contribution is 2.57. The van der Waals surface area contributed by atoms with Gasteiger partial charge in [0.1, 0.15) is 5.92 Å². The van der Waals surface area contributed by atoms with Crippen LogP contribution in [0.15, 0.2) is 24.3 Å². The number of aromatic amines is 1. The number of ether oxygens (including phenoxy) is 1. The first-order valence-corrected chi connectivity index (χ1v) is 9.55. The highest BCUT2D eigenvalue weighted by molar-refractivity contribution is 5.98. The van der Waals surface area contributed by atoms with Crippen molar-refractivity contribution in [3.05, 3.63) is 35.5 Å². The minimum atomic E-state index is -1.37. The lowest BCUT2D eigenvalue weighted by atomic mass is 9.67. The molecule has 2 aliphatic rings. The molecule has 7 heteroatoms. The number of aromatic nitrogens is 1. The van der Waals surface area contributed by atoms with Crippen molar-refractivity contribution < 1.29 is 24.2 Å². The number of aliphatic carboxylic acids is 1. The third-order valence-corrected chi connectivity index (χ3v) is 6.44. The molecule has 0 saturated carbocycles. The number of fused-ring (bicyclic) bond motifs is 5. The first-order valence-electron chi connectivity index (χ1n) is 9.55. The van der Waals surface area contributed by atoms with Gasteiger partial charge in [-0.25, -0.2) is 0 Å². The minimum Gasteiger partial charge on any atom is -0.481 e. The smallest absolute Gasteiger partial charge is 0.312 e. The number of carboxylic acids is 1. The van der Waals surface area contributed by atoms with E-state index >= 15 is 0 Å². The maximum absolute atomic E-state index is 13.4. The summed E-state index contributed by atoms with van der Waals surface area (Å²) in [6.45, 7) is 5.75. The van der Waals surface area contributed by atoms with Gasteiger partial charge in [0.05, 0.1) is 24.0 Å². The van der Waals surface area contributed by atoms with E-state index in [0.29, 0.717) is 13.0 Å². The molecular formula is C21H24N2O5. The molecule has 0 unspecified atom stereocenters. The van der Waals surface area contributed by atoms with Crippen molar-refractivity contribution in [2.75, 3.05) is 13.2 Å². The molecule has 28 heavy (non-hydrogen) atoms. The number of hydrogen-bond acceptors (Lipinski definition) is 4. The molecule has 0 radical (unpaired) electrons. The van der Waals surface area contributed by atoms with Crippen LogP contribution >= 0.6 is 0 Å². The van der Waals surface area contributed by atoms with Crippen molar-refractivity contribution in [3.63, 3.8) is 0 Å².